The van der Waals surface area contributed by atoms with Crippen LogP contribution in [0, 0.1) is 0 Å². The van der Waals surface area contributed by atoms with Crippen LogP contribution in [0.3, 0.4) is 0 Å². The summed E-state index contributed by atoms with van der Waals surface area (Å²) >= 11 is 0. The molecule has 2 aliphatic rings. The first-order chi connectivity index (χ1) is 10.9. The molecule has 0 N–H and O–H groups in total. The number of benzene rings is 1. The van der Waals surface area contributed by atoms with Crippen LogP contribution in [0.1, 0.15) is 30.4 Å². The summed E-state index contributed by atoms with van der Waals surface area (Å²) in [6.45, 7) is 4.01. The lowest BCUT2D eigenvalue weighted by molar-refractivity contribution is 0.570. The zero-order valence-electron chi connectivity index (χ0n) is 12.8. The molecule has 0 aliphatic carbocycles. The third-order valence-corrected chi connectivity index (χ3v) is 4.63. The zero-order valence-corrected chi connectivity index (χ0v) is 12.8. The number of anilines is 2. The van der Waals surface area contributed by atoms with Crippen LogP contribution in [0.2, 0.25) is 0 Å². The van der Waals surface area contributed by atoms with Crippen LogP contribution in [-0.2, 0) is 13.0 Å². The van der Waals surface area contributed by atoms with Gasteiger partial charge in [-0.2, -0.15) is 10.1 Å². The van der Waals surface area contributed by atoms with Gasteiger partial charge in [0.25, 0.3) is 0 Å². The fraction of sp³-hybridized carbons (Fsp3) is 0.471. The molecule has 0 bridgehead atoms. The molecule has 2 aromatic rings. The largest absolute Gasteiger partial charge is 0.355 e. The minimum Gasteiger partial charge on any atom is -0.355 e. The number of fused-ring (bicyclic) bond motifs is 1. The quantitative estimate of drug-likeness (QED) is 0.851. The van der Waals surface area contributed by atoms with E-state index in [-0.39, 0.29) is 0 Å². The molecule has 0 atom stereocenters. The first-order valence-corrected chi connectivity index (χ1v) is 8.16. The Balaban J connectivity index is 1.56. The van der Waals surface area contributed by atoms with Gasteiger partial charge in [-0.1, -0.05) is 24.3 Å². The van der Waals surface area contributed by atoms with Crippen molar-refractivity contribution in [3.63, 3.8) is 0 Å². The van der Waals surface area contributed by atoms with Crippen LogP contribution in [0.15, 0.2) is 30.5 Å². The molecule has 1 saturated heterocycles. The van der Waals surface area contributed by atoms with Crippen molar-refractivity contribution in [2.75, 3.05) is 29.4 Å². The summed E-state index contributed by atoms with van der Waals surface area (Å²) in [6, 6.07) is 8.63. The molecule has 1 aromatic heterocycles. The van der Waals surface area contributed by atoms with Crippen LogP contribution >= 0.6 is 0 Å². The van der Waals surface area contributed by atoms with Crippen molar-refractivity contribution in [2.45, 2.75) is 32.2 Å². The Morgan fingerprint density at radius 3 is 2.55 bits per heavy atom. The van der Waals surface area contributed by atoms with E-state index in [9.17, 15) is 0 Å². The molecule has 22 heavy (non-hydrogen) atoms. The molecule has 1 aromatic carbocycles. The first kappa shape index (κ1) is 13.5. The van der Waals surface area contributed by atoms with Gasteiger partial charge in [0.2, 0.25) is 5.95 Å². The minimum atomic E-state index is 0.762. The van der Waals surface area contributed by atoms with E-state index in [0.717, 1.165) is 44.4 Å². The molecule has 5 heteroatoms. The van der Waals surface area contributed by atoms with Crippen LogP contribution in [-0.4, -0.2) is 34.8 Å². The fourth-order valence-corrected chi connectivity index (χ4v) is 3.36. The van der Waals surface area contributed by atoms with E-state index in [2.05, 4.69) is 44.3 Å². The smallest absolute Gasteiger partial charge is 0.247 e. The molecule has 0 saturated carbocycles. The van der Waals surface area contributed by atoms with Crippen LogP contribution in [0.25, 0.3) is 0 Å². The SMILES string of the molecule is c1ccc2c(c1)CCN(c1nncc(N3CCCCC3)n1)C2. The van der Waals surface area contributed by atoms with E-state index in [1.165, 1.54) is 30.4 Å². The Bertz CT molecular complexity index is 651. The summed E-state index contributed by atoms with van der Waals surface area (Å²) in [5.41, 5.74) is 2.82. The molecule has 0 radical (unpaired) electrons. The van der Waals surface area contributed by atoms with Crippen molar-refractivity contribution >= 4 is 11.8 Å². The predicted molar refractivity (Wildman–Crippen MR) is 87.1 cm³/mol. The lowest BCUT2D eigenvalue weighted by Crippen LogP contribution is -2.34. The first-order valence-electron chi connectivity index (χ1n) is 8.16. The maximum absolute atomic E-state index is 4.77. The Hall–Kier alpha value is -2.17. The van der Waals surface area contributed by atoms with E-state index in [0.29, 0.717) is 0 Å². The van der Waals surface area contributed by atoms with Gasteiger partial charge >= 0.3 is 0 Å². The van der Waals surface area contributed by atoms with Crippen molar-refractivity contribution in [3.8, 4) is 0 Å². The van der Waals surface area contributed by atoms with Gasteiger partial charge in [0.15, 0.2) is 5.82 Å². The van der Waals surface area contributed by atoms with Crippen LogP contribution < -0.4 is 9.80 Å². The van der Waals surface area contributed by atoms with E-state index >= 15 is 0 Å². The second-order valence-corrected chi connectivity index (χ2v) is 6.10. The van der Waals surface area contributed by atoms with Gasteiger partial charge in [0.05, 0.1) is 6.20 Å². The van der Waals surface area contributed by atoms with Crippen molar-refractivity contribution in [2.24, 2.45) is 0 Å². The van der Waals surface area contributed by atoms with Gasteiger partial charge in [-0.15, -0.1) is 5.10 Å². The lowest BCUT2D eigenvalue weighted by Gasteiger charge is -2.30. The number of nitrogens with zero attached hydrogens (tertiary/aromatic N) is 5. The monoisotopic (exact) mass is 295 g/mol. The van der Waals surface area contributed by atoms with Gasteiger partial charge < -0.3 is 9.80 Å². The molecule has 4 rings (SSSR count). The number of rotatable bonds is 2. The van der Waals surface area contributed by atoms with E-state index < -0.39 is 0 Å². The van der Waals surface area contributed by atoms with Gasteiger partial charge in [0, 0.05) is 26.2 Å². The predicted octanol–water partition coefficient (Wildman–Crippen LogP) is 2.42. The normalized spacial score (nSPS) is 18.2. The average Bonchev–Trinajstić information content (AvgIpc) is 2.62. The Labute approximate surface area is 131 Å². The van der Waals surface area contributed by atoms with Crippen LogP contribution in [0.4, 0.5) is 11.8 Å². The van der Waals surface area contributed by atoms with Crippen molar-refractivity contribution in [1.82, 2.24) is 15.2 Å². The number of piperidine rings is 1. The Morgan fingerprint density at radius 1 is 0.864 bits per heavy atom. The molecule has 0 spiro atoms. The molecular formula is C17H21N5. The van der Waals surface area contributed by atoms with E-state index in [1.807, 2.05) is 0 Å². The highest BCUT2D eigenvalue weighted by Gasteiger charge is 2.20. The minimum absolute atomic E-state index is 0.762. The average molecular weight is 295 g/mol. The second kappa shape index (κ2) is 5.91. The molecule has 114 valence electrons. The fourth-order valence-electron chi connectivity index (χ4n) is 3.36. The Kier molecular flexibility index (Phi) is 3.62. The second-order valence-electron chi connectivity index (χ2n) is 6.10. The third kappa shape index (κ3) is 2.63. The number of hydrogen-bond acceptors (Lipinski definition) is 5. The summed E-state index contributed by atoms with van der Waals surface area (Å²) in [7, 11) is 0. The highest BCUT2D eigenvalue weighted by Crippen LogP contribution is 2.23. The lowest BCUT2D eigenvalue weighted by atomic mass is 10.0. The molecular weight excluding hydrogens is 274 g/mol. The molecule has 3 heterocycles. The van der Waals surface area contributed by atoms with Crippen molar-refractivity contribution in [3.05, 3.63) is 41.6 Å². The highest BCUT2D eigenvalue weighted by molar-refractivity contribution is 5.44. The maximum atomic E-state index is 4.77. The topological polar surface area (TPSA) is 45.2 Å². The highest BCUT2D eigenvalue weighted by atomic mass is 15.3. The maximum Gasteiger partial charge on any atom is 0.247 e. The number of aromatic nitrogens is 3. The zero-order chi connectivity index (χ0) is 14.8. The molecule has 2 aliphatic heterocycles. The summed E-state index contributed by atoms with van der Waals surface area (Å²) < 4.78 is 0. The van der Waals surface area contributed by atoms with Crippen molar-refractivity contribution in [1.29, 1.82) is 0 Å². The Morgan fingerprint density at radius 2 is 1.68 bits per heavy atom. The molecule has 5 nitrogen and oxygen atoms in total. The van der Waals surface area contributed by atoms with E-state index in [4.69, 9.17) is 4.98 Å². The summed E-state index contributed by atoms with van der Waals surface area (Å²) in [4.78, 5) is 9.34. The molecule has 0 amide bonds. The van der Waals surface area contributed by atoms with Gasteiger partial charge in [-0.25, -0.2) is 0 Å². The van der Waals surface area contributed by atoms with Crippen molar-refractivity contribution < 1.29 is 0 Å². The summed E-state index contributed by atoms with van der Waals surface area (Å²) in [6.07, 6.45) is 6.66. The summed E-state index contributed by atoms with van der Waals surface area (Å²) in [5.74, 6) is 1.74. The van der Waals surface area contributed by atoms with Crippen LogP contribution in [0.5, 0.6) is 0 Å². The molecule has 1 fully saturated rings. The van der Waals surface area contributed by atoms with Gasteiger partial charge in [-0.05, 0) is 36.8 Å². The summed E-state index contributed by atoms with van der Waals surface area (Å²) in [5, 5.41) is 8.46. The third-order valence-electron chi connectivity index (χ3n) is 4.63. The van der Waals surface area contributed by atoms with Gasteiger partial charge in [0.1, 0.15) is 0 Å². The standard InChI is InChI=1S/C17H21N5/c1-4-9-21(10-5-1)16-12-18-20-17(19-16)22-11-8-14-6-2-3-7-15(14)13-22/h2-3,6-7,12H,1,4-5,8-11,13H2. The molecule has 0 unspecified atom stereocenters. The van der Waals surface area contributed by atoms with E-state index in [1.54, 1.807) is 6.20 Å². The van der Waals surface area contributed by atoms with Gasteiger partial charge in [-0.3, -0.25) is 0 Å². The number of hydrogen-bond donors (Lipinski definition) is 0.